The van der Waals surface area contributed by atoms with Crippen LogP contribution in [0, 0.1) is 5.92 Å². The third-order valence-electron chi connectivity index (χ3n) is 2.92. The smallest absolute Gasteiger partial charge is 0.371 e. The SMILES string of the molecule is CN(CC1CC(O)C1)c1ccc(C(=O)O)o1. The second kappa shape index (κ2) is 4.17. The zero-order valence-corrected chi connectivity index (χ0v) is 9.09. The van der Waals surface area contributed by atoms with E-state index < -0.39 is 5.97 Å². The van der Waals surface area contributed by atoms with Crippen molar-refractivity contribution in [3.05, 3.63) is 17.9 Å². The van der Waals surface area contributed by atoms with Gasteiger partial charge in [0.05, 0.1) is 6.10 Å². The lowest BCUT2D eigenvalue weighted by atomic mass is 9.82. The predicted molar refractivity (Wildman–Crippen MR) is 57.7 cm³/mol. The second-order valence-corrected chi connectivity index (χ2v) is 4.31. The average molecular weight is 225 g/mol. The van der Waals surface area contributed by atoms with Crippen molar-refractivity contribution in [1.29, 1.82) is 0 Å². The molecule has 0 bridgehead atoms. The number of anilines is 1. The molecule has 0 aliphatic heterocycles. The van der Waals surface area contributed by atoms with Crippen LogP contribution in [-0.4, -0.2) is 35.9 Å². The number of aliphatic hydroxyl groups excluding tert-OH is 1. The molecule has 5 heteroatoms. The van der Waals surface area contributed by atoms with E-state index in [1.54, 1.807) is 6.07 Å². The summed E-state index contributed by atoms with van der Waals surface area (Å²) in [5.41, 5.74) is 0. The van der Waals surface area contributed by atoms with Gasteiger partial charge in [-0.2, -0.15) is 0 Å². The van der Waals surface area contributed by atoms with E-state index >= 15 is 0 Å². The molecule has 1 aliphatic carbocycles. The predicted octanol–water partition coefficient (Wildman–Crippen LogP) is 1.18. The molecule has 16 heavy (non-hydrogen) atoms. The zero-order chi connectivity index (χ0) is 11.7. The molecule has 0 atom stereocenters. The molecule has 1 saturated carbocycles. The van der Waals surface area contributed by atoms with Gasteiger partial charge in [-0.25, -0.2) is 4.79 Å². The molecule has 1 aromatic rings. The first-order chi connectivity index (χ1) is 7.56. The van der Waals surface area contributed by atoms with E-state index in [-0.39, 0.29) is 11.9 Å². The van der Waals surface area contributed by atoms with Crippen molar-refractivity contribution in [1.82, 2.24) is 0 Å². The first kappa shape index (κ1) is 11.0. The minimum absolute atomic E-state index is 0.0458. The highest BCUT2D eigenvalue weighted by Crippen LogP contribution is 2.29. The standard InChI is InChI=1S/C11H15NO4/c1-12(6-7-4-8(13)5-7)10-3-2-9(16-10)11(14)15/h2-3,7-8,13H,4-6H2,1H3,(H,14,15). The van der Waals surface area contributed by atoms with Crippen LogP contribution in [0.25, 0.3) is 0 Å². The lowest BCUT2D eigenvalue weighted by Crippen LogP contribution is -2.36. The van der Waals surface area contributed by atoms with Crippen molar-refractivity contribution in [3.63, 3.8) is 0 Å². The Kier molecular flexibility index (Phi) is 2.87. The van der Waals surface area contributed by atoms with E-state index in [0.717, 1.165) is 19.4 Å². The van der Waals surface area contributed by atoms with Crippen molar-refractivity contribution in [2.45, 2.75) is 18.9 Å². The summed E-state index contributed by atoms with van der Waals surface area (Å²) >= 11 is 0. The Morgan fingerprint density at radius 2 is 2.25 bits per heavy atom. The molecule has 0 unspecified atom stereocenters. The third kappa shape index (κ3) is 2.19. The van der Waals surface area contributed by atoms with Gasteiger partial charge < -0.3 is 19.5 Å². The van der Waals surface area contributed by atoms with Gasteiger partial charge in [0.1, 0.15) is 0 Å². The molecule has 0 radical (unpaired) electrons. The highest BCUT2D eigenvalue weighted by Gasteiger charge is 2.28. The minimum atomic E-state index is -1.06. The van der Waals surface area contributed by atoms with Gasteiger partial charge in [-0.15, -0.1) is 0 Å². The molecule has 5 nitrogen and oxygen atoms in total. The average Bonchev–Trinajstić information content (AvgIpc) is 2.63. The number of hydrogen-bond donors (Lipinski definition) is 2. The molecule has 0 spiro atoms. The van der Waals surface area contributed by atoms with Crippen molar-refractivity contribution in [3.8, 4) is 0 Å². The maximum absolute atomic E-state index is 10.6. The molecule has 1 aromatic heterocycles. The fourth-order valence-electron chi connectivity index (χ4n) is 1.97. The zero-order valence-electron chi connectivity index (χ0n) is 9.09. The van der Waals surface area contributed by atoms with Gasteiger partial charge in [-0.3, -0.25) is 0 Å². The van der Waals surface area contributed by atoms with Crippen LogP contribution in [0.5, 0.6) is 0 Å². The molecular weight excluding hydrogens is 210 g/mol. The highest BCUT2D eigenvalue weighted by molar-refractivity contribution is 5.84. The number of rotatable bonds is 4. The van der Waals surface area contributed by atoms with E-state index in [1.807, 2.05) is 11.9 Å². The van der Waals surface area contributed by atoms with Gasteiger partial charge in [0.2, 0.25) is 5.76 Å². The van der Waals surface area contributed by atoms with Gasteiger partial charge in [0.25, 0.3) is 0 Å². The number of carbonyl (C=O) groups is 1. The van der Waals surface area contributed by atoms with Crippen LogP contribution in [-0.2, 0) is 0 Å². The van der Waals surface area contributed by atoms with Crippen LogP contribution < -0.4 is 4.90 Å². The molecule has 2 rings (SSSR count). The van der Waals surface area contributed by atoms with Crippen LogP contribution >= 0.6 is 0 Å². The number of hydrogen-bond acceptors (Lipinski definition) is 4. The van der Waals surface area contributed by atoms with Gasteiger partial charge in [0, 0.05) is 19.7 Å². The van der Waals surface area contributed by atoms with Gasteiger partial charge >= 0.3 is 5.97 Å². The molecular formula is C11H15NO4. The van der Waals surface area contributed by atoms with E-state index in [0.29, 0.717) is 11.8 Å². The van der Waals surface area contributed by atoms with Crippen molar-refractivity contribution in [2.24, 2.45) is 5.92 Å². The summed E-state index contributed by atoms with van der Waals surface area (Å²) in [6.07, 6.45) is 1.47. The Bertz CT molecular complexity index is 381. The highest BCUT2D eigenvalue weighted by atomic mass is 16.4. The first-order valence-corrected chi connectivity index (χ1v) is 5.28. The summed E-state index contributed by atoms with van der Waals surface area (Å²) in [6.45, 7) is 0.781. The normalized spacial score (nSPS) is 23.9. The number of nitrogens with zero attached hydrogens (tertiary/aromatic N) is 1. The van der Waals surface area contributed by atoms with E-state index in [1.165, 1.54) is 6.07 Å². The van der Waals surface area contributed by atoms with Gasteiger partial charge in [-0.1, -0.05) is 0 Å². The van der Waals surface area contributed by atoms with Crippen LogP contribution in [0.4, 0.5) is 5.88 Å². The van der Waals surface area contributed by atoms with Gasteiger partial charge in [0.15, 0.2) is 5.88 Å². The fraction of sp³-hybridized carbons (Fsp3) is 0.545. The van der Waals surface area contributed by atoms with Crippen LogP contribution in [0.15, 0.2) is 16.5 Å². The molecule has 0 aromatic carbocycles. The van der Waals surface area contributed by atoms with Crippen LogP contribution in [0.3, 0.4) is 0 Å². The minimum Gasteiger partial charge on any atom is -0.475 e. The number of aliphatic hydroxyl groups is 1. The maximum atomic E-state index is 10.6. The summed E-state index contributed by atoms with van der Waals surface area (Å²) in [7, 11) is 1.86. The van der Waals surface area contributed by atoms with E-state index in [9.17, 15) is 4.79 Å². The van der Waals surface area contributed by atoms with Crippen LogP contribution in [0.2, 0.25) is 0 Å². The fourth-order valence-corrected chi connectivity index (χ4v) is 1.97. The Morgan fingerprint density at radius 3 is 2.75 bits per heavy atom. The third-order valence-corrected chi connectivity index (χ3v) is 2.92. The Labute approximate surface area is 93.3 Å². The monoisotopic (exact) mass is 225 g/mol. The van der Waals surface area contributed by atoms with Crippen LogP contribution in [0.1, 0.15) is 23.4 Å². The number of furan rings is 1. The topological polar surface area (TPSA) is 73.9 Å². The first-order valence-electron chi connectivity index (χ1n) is 5.28. The molecule has 88 valence electrons. The summed E-state index contributed by atoms with van der Waals surface area (Å²) in [4.78, 5) is 12.5. The summed E-state index contributed by atoms with van der Waals surface area (Å²) < 4.78 is 5.17. The van der Waals surface area contributed by atoms with E-state index in [2.05, 4.69) is 0 Å². The Balaban J connectivity index is 1.92. The lowest BCUT2D eigenvalue weighted by molar-refractivity contribution is 0.0461. The number of carboxylic acid groups (broad SMARTS) is 1. The molecule has 1 aliphatic rings. The van der Waals surface area contributed by atoms with Crippen molar-refractivity contribution >= 4 is 11.9 Å². The number of carboxylic acids is 1. The summed E-state index contributed by atoms with van der Waals surface area (Å²) in [5.74, 6) is -0.0774. The maximum Gasteiger partial charge on any atom is 0.371 e. The Morgan fingerprint density at radius 1 is 1.56 bits per heavy atom. The van der Waals surface area contributed by atoms with Gasteiger partial charge in [-0.05, 0) is 24.8 Å². The summed E-state index contributed by atoms with van der Waals surface area (Å²) in [5, 5.41) is 17.9. The van der Waals surface area contributed by atoms with Crippen molar-refractivity contribution in [2.75, 3.05) is 18.5 Å². The second-order valence-electron chi connectivity index (χ2n) is 4.31. The van der Waals surface area contributed by atoms with Crippen molar-refractivity contribution < 1.29 is 19.4 Å². The van der Waals surface area contributed by atoms with E-state index in [4.69, 9.17) is 14.6 Å². The lowest BCUT2D eigenvalue weighted by Gasteiger charge is -2.34. The molecule has 0 amide bonds. The molecule has 1 fully saturated rings. The quantitative estimate of drug-likeness (QED) is 0.805. The number of aromatic carboxylic acids is 1. The molecule has 2 N–H and O–H groups in total. The largest absolute Gasteiger partial charge is 0.475 e. The molecule has 1 heterocycles. The molecule has 0 saturated heterocycles. The Hall–Kier alpha value is -1.49. The summed E-state index contributed by atoms with van der Waals surface area (Å²) in [6, 6.07) is 3.10.